The number of benzene rings is 1. The van der Waals surface area contributed by atoms with Gasteiger partial charge in [-0.25, -0.2) is 13.8 Å². The zero-order chi connectivity index (χ0) is 26.1. The van der Waals surface area contributed by atoms with Gasteiger partial charge in [-0.1, -0.05) is 12.1 Å². The molecule has 0 radical (unpaired) electrons. The molecule has 0 saturated carbocycles. The standard InChI is InChI=1S/C25H31F2N7O3/c1-15-13-33(14-16(2)37-15)24(35)17(3)28-25-30-20(32-8-10-36-11-9-32)12-21(31-25)34-19-7-5-4-6-18(19)29-23(34)22(26)27/h4-7,12,15-17,22H,8-11,13-14H2,1-3H3,(H,28,30,31)/t15-,16+,17-/m0/s1. The van der Waals surface area contributed by atoms with Gasteiger partial charge in [0.05, 0.1) is 36.5 Å². The van der Waals surface area contributed by atoms with Crippen LogP contribution in [0.3, 0.4) is 0 Å². The van der Waals surface area contributed by atoms with Crippen molar-refractivity contribution in [3.63, 3.8) is 0 Å². The number of carbonyl (C=O) groups excluding carboxylic acids is 1. The van der Waals surface area contributed by atoms with Crippen molar-refractivity contribution in [1.82, 2.24) is 24.4 Å². The summed E-state index contributed by atoms with van der Waals surface area (Å²) in [5.74, 6) is 0.468. The minimum absolute atomic E-state index is 0.0605. The van der Waals surface area contributed by atoms with E-state index < -0.39 is 18.3 Å². The monoisotopic (exact) mass is 515 g/mol. The Balaban J connectivity index is 1.52. The van der Waals surface area contributed by atoms with Gasteiger partial charge in [0.15, 0.2) is 5.82 Å². The van der Waals surface area contributed by atoms with Gasteiger partial charge in [-0.3, -0.25) is 9.36 Å². The normalized spacial score (nSPS) is 21.5. The predicted octanol–water partition coefficient (Wildman–Crippen LogP) is 3.03. The number of hydrogen-bond donors (Lipinski definition) is 1. The van der Waals surface area contributed by atoms with Crippen LogP contribution in [0.5, 0.6) is 0 Å². The molecule has 1 aromatic carbocycles. The van der Waals surface area contributed by atoms with Gasteiger partial charge in [-0.2, -0.15) is 9.97 Å². The number of imidazole rings is 1. The molecule has 2 fully saturated rings. The SMILES string of the molecule is C[C@@H]1CN(C(=O)[C@H](C)Nc2nc(N3CCOCC3)cc(-n3c(C(F)F)nc4ccccc43)n2)C[C@H](C)O1. The number of halogens is 2. The maximum Gasteiger partial charge on any atom is 0.296 e. The Bertz CT molecular complexity index is 1250. The molecule has 0 unspecified atom stereocenters. The minimum Gasteiger partial charge on any atom is -0.378 e. The average molecular weight is 516 g/mol. The van der Waals surface area contributed by atoms with Crippen molar-refractivity contribution in [2.24, 2.45) is 0 Å². The summed E-state index contributed by atoms with van der Waals surface area (Å²) in [5.41, 5.74) is 0.953. The maximum absolute atomic E-state index is 14.1. The highest BCUT2D eigenvalue weighted by molar-refractivity contribution is 5.84. The van der Waals surface area contributed by atoms with Gasteiger partial charge in [-0.05, 0) is 32.9 Å². The Morgan fingerprint density at radius 1 is 1.05 bits per heavy atom. The highest BCUT2D eigenvalue weighted by Gasteiger charge is 2.30. The van der Waals surface area contributed by atoms with E-state index in [9.17, 15) is 13.6 Å². The van der Waals surface area contributed by atoms with Crippen LogP contribution >= 0.6 is 0 Å². The quantitative estimate of drug-likeness (QED) is 0.535. The highest BCUT2D eigenvalue weighted by atomic mass is 19.3. The molecule has 198 valence electrons. The molecule has 4 heterocycles. The number of amides is 1. The number of alkyl halides is 2. The fraction of sp³-hybridized carbons (Fsp3) is 0.520. The summed E-state index contributed by atoms with van der Waals surface area (Å²) in [6, 6.07) is 7.97. The first-order valence-electron chi connectivity index (χ1n) is 12.5. The van der Waals surface area contributed by atoms with Crippen molar-refractivity contribution in [2.75, 3.05) is 49.6 Å². The number of fused-ring (bicyclic) bond motifs is 1. The van der Waals surface area contributed by atoms with Crippen molar-refractivity contribution in [1.29, 1.82) is 0 Å². The highest BCUT2D eigenvalue weighted by Crippen LogP contribution is 2.29. The smallest absolute Gasteiger partial charge is 0.296 e. The Labute approximate surface area is 213 Å². The molecule has 37 heavy (non-hydrogen) atoms. The topological polar surface area (TPSA) is 97.6 Å². The first-order valence-corrected chi connectivity index (χ1v) is 12.5. The van der Waals surface area contributed by atoms with E-state index in [0.717, 1.165) is 0 Å². The van der Waals surface area contributed by atoms with E-state index in [1.807, 2.05) is 18.7 Å². The lowest BCUT2D eigenvalue weighted by molar-refractivity contribution is -0.143. The number of nitrogens with one attached hydrogen (secondary N) is 1. The molecule has 2 saturated heterocycles. The number of anilines is 2. The summed E-state index contributed by atoms with van der Waals surface area (Å²) in [7, 11) is 0. The number of nitrogens with zero attached hydrogens (tertiary/aromatic N) is 6. The summed E-state index contributed by atoms with van der Waals surface area (Å²) < 4.78 is 40.7. The third-order valence-corrected chi connectivity index (χ3v) is 6.49. The Hall–Kier alpha value is -3.38. The third kappa shape index (κ3) is 5.35. The van der Waals surface area contributed by atoms with Gasteiger partial charge in [0.25, 0.3) is 6.43 Å². The largest absolute Gasteiger partial charge is 0.378 e. The zero-order valence-electron chi connectivity index (χ0n) is 21.1. The van der Waals surface area contributed by atoms with E-state index >= 15 is 0 Å². The van der Waals surface area contributed by atoms with Crippen LogP contribution in [0.15, 0.2) is 30.3 Å². The number of ether oxygens (including phenoxy) is 2. The molecule has 0 aliphatic carbocycles. The van der Waals surface area contributed by atoms with Crippen LogP contribution < -0.4 is 10.2 Å². The number of morpholine rings is 2. The molecule has 2 aromatic heterocycles. The van der Waals surface area contributed by atoms with Crippen LogP contribution in [-0.4, -0.2) is 88.0 Å². The second-order valence-electron chi connectivity index (χ2n) is 9.47. The zero-order valence-corrected chi connectivity index (χ0v) is 21.1. The lowest BCUT2D eigenvalue weighted by atomic mass is 10.2. The number of hydrogen-bond acceptors (Lipinski definition) is 8. The Morgan fingerprint density at radius 2 is 1.73 bits per heavy atom. The molecule has 10 nitrogen and oxygen atoms in total. The van der Waals surface area contributed by atoms with E-state index in [-0.39, 0.29) is 29.9 Å². The Morgan fingerprint density at radius 3 is 2.43 bits per heavy atom. The summed E-state index contributed by atoms with van der Waals surface area (Å²) in [5, 5.41) is 3.11. The molecule has 3 atom stereocenters. The molecular formula is C25H31F2N7O3. The molecule has 3 aromatic rings. The average Bonchev–Trinajstić information content (AvgIpc) is 3.28. The van der Waals surface area contributed by atoms with Crippen LogP contribution in [0.25, 0.3) is 16.9 Å². The molecule has 5 rings (SSSR count). The molecule has 0 bridgehead atoms. The molecule has 1 amide bonds. The number of rotatable bonds is 6. The van der Waals surface area contributed by atoms with Gasteiger partial charge in [0, 0.05) is 32.2 Å². The molecular weight excluding hydrogens is 484 g/mol. The second-order valence-corrected chi connectivity index (χ2v) is 9.47. The fourth-order valence-electron chi connectivity index (χ4n) is 4.87. The van der Waals surface area contributed by atoms with E-state index in [0.29, 0.717) is 56.2 Å². The van der Waals surface area contributed by atoms with Crippen LogP contribution in [0.2, 0.25) is 0 Å². The van der Waals surface area contributed by atoms with Gasteiger partial charge >= 0.3 is 0 Å². The molecule has 1 N–H and O–H groups in total. The van der Waals surface area contributed by atoms with Gasteiger partial charge < -0.3 is 24.6 Å². The molecule has 2 aliphatic rings. The van der Waals surface area contributed by atoms with Crippen molar-refractivity contribution in [3.05, 3.63) is 36.2 Å². The van der Waals surface area contributed by atoms with E-state index in [1.165, 1.54) is 4.57 Å². The molecule has 2 aliphatic heterocycles. The Kier molecular flexibility index (Phi) is 7.20. The predicted molar refractivity (Wildman–Crippen MR) is 134 cm³/mol. The van der Waals surface area contributed by atoms with Gasteiger partial charge in [-0.15, -0.1) is 0 Å². The van der Waals surface area contributed by atoms with E-state index in [4.69, 9.17) is 9.47 Å². The van der Waals surface area contributed by atoms with Crippen molar-refractivity contribution in [3.8, 4) is 5.82 Å². The first kappa shape index (κ1) is 25.3. The summed E-state index contributed by atoms with van der Waals surface area (Å²) in [6.07, 6.45) is -2.93. The lowest BCUT2D eigenvalue weighted by Crippen LogP contribution is -2.52. The van der Waals surface area contributed by atoms with Gasteiger partial charge in [0.2, 0.25) is 11.9 Å². The van der Waals surface area contributed by atoms with Crippen molar-refractivity contribution >= 4 is 28.7 Å². The lowest BCUT2D eigenvalue weighted by Gasteiger charge is -2.36. The van der Waals surface area contributed by atoms with Crippen LogP contribution in [0.1, 0.15) is 33.0 Å². The van der Waals surface area contributed by atoms with Crippen LogP contribution in [0, 0.1) is 0 Å². The first-order chi connectivity index (χ1) is 17.8. The molecule has 12 heteroatoms. The number of para-hydroxylation sites is 2. The van der Waals surface area contributed by atoms with Crippen molar-refractivity contribution < 1.29 is 23.0 Å². The van der Waals surface area contributed by atoms with E-state index in [1.54, 1.807) is 42.2 Å². The summed E-state index contributed by atoms with van der Waals surface area (Å²) in [4.78, 5) is 30.4. The summed E-state index contributed by atoms with van der Waals surface area (Å²) >= 11 is 0. The maximum atomic E-state index is 14.1. The minimum atomic E-state index is -2.81. The van der Waals surface area contributed by atoms with Crippen LogP contribution in [0.4, 0.5) is 20.5 Å². The van der Waals surface area contributed by atoms with E-state index in [2.05, 4.69) is 20.3 Å². The molecule has 0 spiro atoms. The van der Waals surface area contributed by atoms with Gasteiger partial charge in [0.1, 0.15) is 17.7 Å². The second kappa shape index (κ2) is 10.5. The fourth-order valence-corrected chi connectivity index (χ4v) is 4.87. The number of aromatic nitrogens is 4. The van der Waals surface area contributed by atoms with Crippen molar-refractivity contribution in [2.45, 2.75) is 45.4 Å². The summed E-state index contributed by atoms with van der Waals surface area (Å²) in [6.45, 7) is 8.86. The van der Waals surface area contributed by atoms with Crippen LogP contribution in [-0.2, 0) is 14.3 Å². The third-order valence-electron chi connectivity index (χ3n) is 6.49. The number of carbonyl (C=O) groups is 1.